The molecule has 0 aliphatic carbocycles. The first kappa shape index (κ1) is 79.2. The van der Waals surface area contributed by atoms with Crippen LogP contribution >= 0.6 is 0 Å². The Labute approximate surface area is 699 Å². The first-order chi connectivity index (χ1) is 57.4. The Morgan fingerprint density at radius 1 is 0.193 bits per heavy atom. The fraction of sp³-hybridized carbons (Fsp3) is 0.173. The van der Waals surface area contributed by atoms with E-state index in [1.54, 1.807) is 0 Å². The van der Waals surface area contributed by atoms with Crippen LogP contribution in [0.4, 0.5) is 0 Å². The van der Waals surface area contributed by atoms with E-state index < -0.39 is 0 Å². The van der Waals surface area contributed by atoms with Crippen LogP contribution in [0.15, 0.2) is 286 Å². The van der Waals surface area contributed by atoms with Gasteiger partial charge in [0.25, 0.3) is 0 Å². The molecule has 9 aromatic heterocycles. The summed E-state index contributed by atoms with van der Waals surface area (Å²) in [6.07, 6.45) is 10.7. The number of pyridine rings is 9. The van der Waals surface area contributed by atoms with Gasteiger partial charge in [-0.3, -0.25) is 19.9 Å². The van der Waals surface area contributed by atoms with Crippen LogP contribution in [0.5, 0.6) is 0 Å². The van der Waals surface area contributed by atoms with Crippen LogP contribution < -0.4 is 22.8 Å². The predicted molar refractivity (Wildman–Crippen MR) is 498 cm³/mol. The van der Waals surface area contributed by atoms with Gasteiger partial charge in [0, 0.05) is 126 Å². The zero-order valence-electron chi connectivity index (χ0n) is 72.2. The molecular weight excluding hydrogens is 1450 g/mol. The van der Waals surface area contributed by atoms with Crippen LogP contribution in [-0.2, 0) is 35.2 Å². The van der Waals surface area contributed by atoms with E-state index in [0.717, 1.165) is 44.8 Å². The lowest BCUT2D eigenvalue weighted by Crippen LogP contribution is -2.31. The molecule has 20 aromatic rings. The van der Waals surface area contributed by atoms with Crippen molar-refractivity contribution in [1.82, 2.24) is 19.9 Å². The summed E-state index contributed by atoms with van der Waals surface area (Å²) in [4.78, 5) is 20.0. The van der Waals surface area contributed by atoms with E-state index in [4.69, 9.17) is 19.9 Å². The molecule has 11 aromatic carbocycles. The first-order valence-corrected chi connectivity index (χ1v) is 41.3. The van der Waals surface area contributed by atoms with Crippen molar-refractivity contribution in [1.29, 1.82) is 0 Å². The van der Waals surface area contributed by atoms with Gasteiger partial charge < -0.3 is 0 Å². The molecule has 0 fully saturated rings. The lowest BCUT2D eigenvalue weighted by atomic mass is 9.90. The second kappa shape index (κ2) is 32.8. The van der Waals surface area contributed by atoms with Gasteiger partial charge in [0.05, 0.1) is 49.9 Å². The Kier molecular flexibility index (Phi) is 21.8. The topological polar surface area (TPSA) is 71.0 Å². The summed E-state index contributed by atoms with van der Waals surface area (Å²) in [5.74, 6) is 0. The van der Waals surface area contributed by atoms with E-state index >= 15 is 0 Å². The van der Waals surface area contributed by atoms with Crippen molar-refractivity contribution in [2.75, 3.05) is 0 Å². The molecule has 0 atom stereocenters. The van der Waals surface area contributed by atoms with Crippen molar-refractivity contribution < 1.29 is 22.8 Å². The van der Waals surface area contributed by atoms with Gasteiger partial charge in [0.2, 0.25) is 28.5 Å². The highest BCUT2D eigenvalue weighted by Gasteiger charge is 2.26. The second-order valence-corrected chi connectivity index (χ2v) is 32.6. The molecule has 0 unspecified atom stereocenters. The Morgan fingerprint density at radius 2 is 0.538 bits per heavy atom. The molecule has 0 aliphatic heterocycles. The summed E-state index contributed by atoms with van der Waals surface area (Å²) in [5, 5.41) is 20.2. The summed E-state index contributed by atoms with van der Waals surface area (Å²) >= 11 is 0. The van der Waals surface area contributed by atoms with Gasteiger partial charge in [0.1, 0.15) is 35.2 Å². The van der Waals surface area contributed by atoms with Gasteiger partial charge in [-0.05, 0) is 203 Å². The normalized spacial score (nSPS) is 11.3. The van der Waals surface area contributed by atoms with Crippen LogP contribution in [-0.4, -0.2) is 19.9 Å². The second-order valence-electron chi connectivity index (χ2n) is 32.6. The van der Waals surface area contributed by atoms with E-state index in [1.165, 1.54) is 198 Å². The number of nitrogens with zero attached hydrogens (tertiary/aromatic N) is 9. The van der Waals surface area contributed by atoms with Crippen LogP contribution in [0, 0.1) is 96.9 Å². The molecule has 119 heavy (non-hydrogen) atoms. The third-order valence-electron chi connectivity index (χ3n) is 24.2. The maximum atomic E-state index is 5.02. The fourth-order valence-electron chi connectivity index (χ4n) is 18.0. The Hall–Kier alpha value is -13.6. The molecule has 9 heterocycles. The number of hydrogen-bond donors (Lipinski definition) is 0. The van der Waals surface area contributed by atoms with Crippen LogP contribution in [0.1, 0.15) is 78.4 Å². The highest BCUT2D eigenvalue weighted by Crippen LogP contribution is 2.41. The smallest absolute Gasteiger partial charge is 0.215 e. The largest absolute Gasteiger partial charge is 0.252 e. The Morgan fingerprint density at radius 3 is 0.958 bits per heavy atom. The lowest BCUT2D eigenvalue weighted by molar-refractivity contribution is -0.660. The Bertz CT molecular complexity index is 7430. The number of benzene rings is 11. The van der Waals surface area contributed by atoms with Crippen LogP contribution in [0.25, 0.3) is 165 Å². The fourth-order valence-corrected chi connectivity index (χ4v) is 18.0. The van der Waals surface area contributed by atoms with Crippen molar-refractivity contribution in [3.63, 3.8) is 0 Å². The predicted octanol–water partition coefficient (Wildman–Crippen LogP) is 24.3. The molecule has 0 N–H and O–H groups in total. The molecule has 20 rings (SSSR count). The summed E-state index contributed by atoms with van der Waals surface area (Å²) in [6, 6.07) is 91.0. The van der Waals surface area contributed by atoms with Gasteiger partial charge in [-0.15, -0.1) is 0 Å². The average Bonchev–Trinajstić information content (AvgIpc) is 0.761. The molecule has 0 saturated heterocycles. The Balaban J connectivity index is 0.000000111. The zero-order chi connectivity index (χ0) is 83.4. The van der Waals surface area contributed by atoms with Gasteiger partial charge in [-0.25, -0.2) is 22.8 Å². The molecule has 0 radical (unpaired) electrons. The minimum Gasteiger partial charge on any atom is -0.252 e. The van der Waals surface area contributed by atoms with E-state index in [0.29, 0.717) is 0 Å². The van der Waals surface area contributed by atoms with Crippen molar-refractivity contribution in [2.24, 2.45) is 35.2 Å². The van der Waals surface area contributed by atoms with E-state index in [2.05, 4.69) is 441 Å². The van der Waals surface area contributed by atoms with E-state index in [-0.39, 0.29) is 0 Å². The summed E-state index contributed by atoms with van der Waals surface area (Å²) < 4.78 is 11.0. The number of hydrogen-bond acceptors (Lipinski definition) is 4. The molecule has 9 heteroatoms. The number of fused-ring (bicyclic) bond motifs is 15. The van der Waals surface area contributed by atoms with Gasteiger partial charge in [-0.2, -0.15) is 0 Å². The molecular formula is C110H104N9+5. The third-order valence-corrected chi connectivity index (χ3v) is 24.2. The minimum atomic E-state index is 1.08. The van der Waals surface area contributed by atoms with Crippen molar-refractivity contribution in [2.45, 2.75) is 96.9 Å². The average molecular weight is 1550 g/mol. The molecule has 0 bridgehead atoms. The highest BCUT2D eigenvalue weighted by atomic mass is 14.9. The quantitative estimate of drug-likeness (QED) is 0.127. The standard InChI is InChI=1S/C23H23N2.2C22H21N2.C22H20N.C21H19N2/c1-14-10-11-20-19-9-7-6-8-18(19)17(4)24-23(20)22(14)21-12-15(2)16(3)13-25(21)5;1-14-9-12-20(24(4)13-14)21-15(2)10-11-19-18-8-6-5-7-17(18)16(3)23-22(19)21;1-14-11-12-24(4)20(13-14)21-15(2)9-10-19-18-8-6-5-7-17(18)16(3)23-22(19)21;1-15-14-16(2)22(20-10-6-7-13-23(20)3)19-12-11-17-8-4-5-9-18(17)21(15)19;1-14-11-12-18-17-9-5-4-8-16(17)15(2)22-21(18)20(14)19-10-6-7-13-23(19)3/h6-13H,1-5H3;2*5-13H,1-4H3;4-14H,1-3H3;4-13H,1-3H3/q5*+1. The van der Waals surface area contributed by atoms with Crippen LogP contribution in [0.3, 0.4) is 0 Å². The van der Waals surface area contributed by atoms with Crippen molar-refractivity contribution in [3.8, 4) is 56.3 Å². The molecule has 9 nitrogen and oxygen atoms in total. The SMILES string of the molecule is Cc1cc(-c2c(C)ccc3c2nc(C)c2ccccc23)[n+](C)cc1C.Cc1cc(C)c2c(ccc3ccccc32)c1-c1cccc[n+]1C.Cc1cc[n+](C)c(-c2c(C)ccc3c2nc(C)c2ccccc23)c1.Cc1ccc(-c2c(C)ccc3c2nc(C)c2ccccc23)[n+](C)c1.Cc1ccc2c(nc(C)c3ccccc32)c1-c1cccc[n+]1C. The lowest BCUT2D eigenvalue weighted by Gasteiger charge is -2.14. The van der Waals surface area contributed by atoms with Gasteiger partial charge in [0.15, 0.2) is 31.0 Å². The monoisotopic (exact) mass is 1550 g/mol. The zero-order valence-corrected chi connectivity index (χ0v) is 72.2. The minimum absolute atomic E-state index is 1.08. The molecule has 0 saturated carbocycles. The highest BCUT2D eigenvalue weighted by molar-refractivity contribution is 6.16. The van der Waals surface area contributed by atoms with Gasteiger partial charge >= 0.3 is 0 Å². The molecule has 0 spiro atoms. The number of aryl methyl sites for hydroxylation is 19. The maximum absolute atomic E-state index is 5.02. The van der Waals surface area contributed by atoms with E-state index in [1.807, 2.05) is 0 Å². The van der Waals surface area contributed by atoms with Crippen LogP contribution in [0.2, 0.25) is 0 Å². The number of rotatable bonds is 5. The summed E-state index contributed by atoms with van der Waals surface area (Å²) in [7, 11) is 10.5. The summed E-state index contributed by atoms with van der Waals surface area (Å²) in [5.41, 5.74) is 33.8. The van der Waals surface area contributed by atoms with Crippen molar-refractivity contribution in [3.05, 3.63) is 364 Å². The van der Waals surface area contributed by atoms with E-state index in [9.17, 15) is 0 Å². The first-order valence-electron chi connectivity index (χ1n) is 41.3. The molecule has 0 amide bonds. The molecule has 0 aliphatic rings. The summed E-state index contributed by atoms with van der Waals surface area (Å²) in [6.45, 7) is 30.1. The third kappa shape index (κ3) is 15.0. The maximum Gasteiger partial charge on any atom is 0.215 e. The number of aromatic nitrogens is 9. The molecule has 584 valence electrons. The van der Waals surface area contributed by atoms with Gasteiger partial charge in [-0.1, -0.05) is 188 Å². The van der Waals surface area contributed by atoms with Crippen molar-refractivity contribution >= 4 is 108 Å².